The second kappa shape index (κ2) is 10.2. The molecular weight excluding hydrogens is 369 g/mol. The van der Waals surface area contributed by atoms with Crippen molar-refractivity contribution in [2.45, 2.75) is 57.0 Å². The van der Waals surface area contributed by atoms with E-state index in [9.17, 15) is 9.18 Å². The van der Waals surface area contributed by atoms with Crippen LogP contribution in [0.2, 0.25) is 0 Å². The Morgan fingerprint density at radius 2 is 2.00 bits per heavy atom. The van der Waals surface area contributed by atoms with Crippen molar-refractivity contribution in [1.82, 2.24) is 4.90 Å². The Bertz CT molecular complexity index is 612. The van der Waals surface area contributed by atoms with Crippen LogP contribution in [-0.4, -0.2) is 43.4 Å². The molecule has 1 saturated heterocycles. The lowest BCUT2D eigenvalue weighted by molar-refractivity contribution is 0.0179. The maximum absolute atomic E-state index is 13.8. The third-order valence-corrected chi connectivity index (χ3v) is 5.05. The molecule has 0 unspecified atom stereocenters. The van der Waals surface area contributed by atoms with E-state index in [4.69, 9.17) is 13.7 Å². The fraction of sp³-hybridized carbons (Fsp3) is 0.650. The fourth-order valence-corrected chi connectivity index (χ4v) is 3.46. The standard InChI is InChI=1S/C20H30FNO4S/c1-20(2,3)26-19(23)22-11-9-15(10-12-22)6-5-13-25-16-7-8-18(27-24-4)17(21)14-16/h7-8,14-15H,5-6,9-13H2,1-4H3. The Balaban J connectivity index is 1.65. The number of hydrogen-bond donors (Lipinski definition) is 0. The molecule has 152 valence electrons. The monoisotopic (exact) mass is 399 g/mol. The minimum Gasteiger partial charge on any atom is -0.493 e. The van der Waals surface area contributed by atoms with Crippen LogP contribution in [0.3, 0.4) is 0 Å². The molecule has 5 nitrogen and oxygen atoms in total. The molecule has 1 aliphatic heterocycles. The van der Waals surface area contributed by atoms with Crippen LogP contribution >= 0.6 is 12.0 Å². The molecule has 1 amide bonds. The lowest BCUT2D eigenvalue weighted by Crippen LogP contribution is -2.41. The average Bonchev–Trinajstić information content (AvgIpc) is 2.60. The first-order valence-electron chi connectivity index (χ1n) is 9.39. The summed E-state index contributed by atoms with van der Waals surface area (Å²) in [4.78, 5) is 14.3. The maximum Gasteiger partial charge on any atom is 0.410 e. The molecule has 1 aromatic carbocycles. The number of benzene rings is 1. The molecule has 0 spiro atoms. The van der Waals surface area contributed by atoms with E-state index in [1.165, 1.54) is 13.2 Å². The Kier molecular flexibility index (Phi) is 8.23. The van der Waals surface area contributed by atoms with Crippen molar-refractivity contribution in [2.75, 3.05) is 26.8 Å². The number of halogens is 1. The van der Waals surface area contributed by atoms with Crippen molar-refractivity contribution in [3.8, 4) is 5.75 Å². The van der Waals surface area contributed by atoms with E-state index in [0.29, 0.717) is 23.2 Å². The number of ether oxygens (including phenoxy) is 2. The molecule has 0 N–H and O–H groups in total. The van der Waals surface area contributed by atoms with Gasteiger partial charge in [-0.15, -0.1) is 0 Å². The predicted molar refractivity (Wildman–Crippen MR) is 105 cm³/mol. The summed E-state index contributed by atoms with van der Waals surface area (Å²) >= 11 is 0.995. The van der Waals surface area contributed by atoms with Gasteiger partial charge in [-0.3, -0.25) is 0 Å². The minimum absolute atomic E-state index is 0.221. The predicted octanol–water partition coefficient (Wildman–Crippen LogP) is 5.29. The number of piperidine rings is 1. The number of nitrogens with zero attached hydrogens (tertiary/aromatic N) is 1. The number of amides is 1. The first-order chi connectivity index (χ1) is 12.8. The number of carbonyl (C=O) groups is 1. The highest BCUT2D eigenvalue weighted by atomic mass is 32.2. The SMILES string of the molecule is COSc1ccc(OCCCC2CCN(C(=O)OC(C)(C)C)CC2)cc1F. The van der Waals surface area contributed by atoms with Crippen LogP contribution < -0.4 is 4.74 Å². The summed E-state index contributed by atoms with van der Waals surface area (Å²) in [5, 5.41) is 0. The summed E-state index contributed by atoms with van der Waals surface area (Å²) < 4.78 is 29.8. The largest absolute Gasteiger partial charge is 0.493 e. The van der Waals surface area contributed by atoms with E-state index in [0.717, 1.165) is 50.8 Å². The third kappa shape index (κ3) is 7.58. The van der Waals surface area contributed by atoms with Gasteiger partial charge in [-0.1, -0.05) is 0 Å². The average molecular weight is 400 g/mol. The summed E-state index contributed by atoms with van der Waals surface area (Å²) in [6.07, 6.45) is 3.70. The smallest absolute Gasteiger partial charge is 0.410 e. The van der Waals surface area contributed by atoms with E-state index in [1.807, 2.05) is 20.8 Å². The van der Waals surface area contributed by atoms with Crippen LogP contribution in [0, 0.1) is 11.7 Å². The van der Waals surface area contributed by atoms with E-state index >= 15 is 0 Å². The van der Waals surface area contributed by atoms with Gasteiger partial charge in [0.15, 0.2) is 0 Å². The summed E-state index contributed by atoms with van der Waals surface area (Å²) in [6.45, 7) is 7.69. The van der Waals surface area contributed by atoms with Crippen molar-refractivity contribution < 1.29 is 22.8 Å². The summed E-state index contributed by atoms with van der Waals surface area (Å²) in [5.41, 5.74) is -0.453. The molecule has 0 aromatic heterocycles. The maximum atomic E-state index is 13.8. The van der Waals surface area contributed by atoms with Crippen molar-refractivity contribution in [3.63, 3.8) is 0 Å². The molecule has 1 aromatic rings. The molecule has 7 heteroatoms. The number of carbonyl (C=O) groups excluding carboxylic acids is 1. The van der Waals surface area contributed by atoms with Crippen molar-refractivity contribution in [2.24, 2.45) is 5.92 Å². The van der Waals surface area contributed by atoms with Gasteiger partial charge in [-0.05, 0) is 64.5 Å². The lowest BCUT2D eigenvalue weighted by Gasteiger charge is -2.33. The first-order valence-corrected chi connectivity index (χ1v) is 10.1. The fourth-order valence-electron chi connectivity index (χ4n) is 3.02. The molecule has 2 rings (SSSR count). The number of likely N-dealkylation sites (tertiary alicyclic amines) is 1. The van der Waals surface area contributed by atoms with Crippen LogP contribution in [-0.2, 0) is 8.92 Å². The van der Waals surface area contributed by atoms with E-state index in [1.54, 1.807) is 17.0 Å². The Hall–Kier alpha value is -1.47. The van der Waals surface area contributed by atoms with Gasteiger partial charge in [0.05, 0.1) is 18.6 Å². The van der Waals surface area contributed by atoms with Gasteiger partial charge < -0.3 is 18.6 Å². The van der Waals surface area contributed by atoms with Crippen LogP contribution in [0.15, 0.2) is 23.1 Å². The minimum atomic E-state index is -0.453. The highest BCUT2D eigenvalue weighted by Gasteiger charge is 2.26. The quantitative estimate of drug-likeness (QED) is 0.461. The molecule has 1 aliphatic rings. The Labute approximate surface area is 165 Å². The second-order valence-electron chi connectivity index (χ2n) is 7.74. The Morgan fingerprint density at radius 3 is 2.59 bits per heavy atom. The molecule has 0 aliphatic carbocycles. The molecular formula is C20H30FNO4S. The topological polar surface area (TPSA) is 48.0 Å². The molecule has 0 bridgehead atoms. The van der Waals surface area contributed by atoms with Crippen molar-refractivity contribution in [3.05, 3.63) is 24.0 Å². The van der Waals surface area contributed by atoms with Crippen LogP contribution in [0.25, 0.3) is 0 Å². The summed E-state index contributed by atoms with van der Waals surface area (Å²) in [7, 11) is 1.51. The van der Waals surface area contributed by atoms with Crippen molar-refractivity contribution in [1.29, 1.82) is 0 Å². The second-order valence-corrected chi connectivity index (χ2v) is 8.68. The van der Waals surface area contributed by atoms with Crippen LogP contribution in [0.1, 0.15) is 46.5 Å². The molecule has 0 saturated carbocycles. The zero-order chi connectivity index (χ0) is 19.9. The van der Waals surface area contributed by atoms with Gasteiger partial charge in [0, 0.05) is 31.2 Å². The van der Waals surface area contributed by atoms with Gasteiger partial charge in [0.2, 0.25) is 0 Å². The van der Waals surface area contributed by atoms with Gasteiger partial charge in [-0.25, -0.2) is 9.18 Å². The van der Waals surface area contributed by atoms with Gasteiger partial charge in [0.1, 0.15) is 17.2 Å². The normalized spacial score (nSPS) is 15.7. The molecule has 1 heterocycles. The molecule has 27 heavy (non-hydrogen) atoms. The van der Waals surface area contributed by atoms with E-state index < -0.39 is 5.60 Å². The van der Waals surface area contributed by atoms with Crippen LogP contribution in [0.4, 0.5) is 9.18 Å². The summed E-state index contributed by atoms with van der Waals surface area (Å²) in [5.74, 6) is 0.783. The molecule has 0 radical (unpaired) electrons. The van der Waals surface area contributed by atoms with Gasteiger partial charge in [-0.2, -0.15) is 0 Å². The summed E-state index contributed by atoms with van der Waals surface area (Å²) in [6, 6.07) is 4.80. The lowest BCUT2D eigenvalue weighted by atomic mass is 9.92. The zero-order valence-electron chi connectivity index (χ0n) is 16.6. The van der Waals surface area contributed by atoms with Crippen molar-refractivity contribution >= 4 is 18.1 Å². The Morgan fingerprint density at radius 1 is 1.30 bits per heavy atom. The van der Waals surface area contributed by atoms with E-state index in [2.05, 4.69) is 0 Å². The molecule has 0 atom stereocenters. The van der Waals surface area contributed by atoms with E-state index in [-0.39, 0.29) is 11.9 Å². The molecule has 1 fully saturated rings. The number of rotatable bonds is 7. The highest BCUT2D eigenvalue weighted by molar-refractivity contribution is 7.94. The first kappa shape index (κ1) is 21.8. The highest BCUT2D eigenvalue weighted by Crippen LogP contribution is 2.26. The zero-order valence-corrected chi connectivity index (χ0v) is 17.4. The van der Waals surface area contributed by atoms with Gasteiger partial charge >= 0.3 is 6.09 Å². The van der Waals surface area contributed by atoms with Crippen LogP contribution in [0.5, 0.6) is 5.75 Å². The van der Waals surface area contributed by atoms with Gasteiger partial charge in [0.25, 0.3) is 0 Å². The number of hydrogen-bond acceptors (Lipinski definition) is 5. The third-order valence-electron chi connectivity index (χ3n) is 4.37.